The molecule has 2 aliphatic heterocycles. The van der Waals surface area contributed by atoms with Crippen LogP contribution in [0.5, 0.6) is 0 Å². The van der Waals surface area contributed by atoms with E-state index in [1.165, 1.54) is 0 Å². The molecule has 2 atom stereocenters. The summed E-state index contributed by atoms with van der Waals surface area (Å²) in [4.78, 5) is 29.8. The number of fused-ring (bicyclic) bond motifs is 1. The molecule has 8 nitrogen and oxygen atoms in total. The summed E-state index contributed by atoms with van der Waals surface area (Å²) in [6.45, 7) is 1.31. The van der Waals surface area contributed by atoms with E-state index in [1.807, 2.05) is 36.4 Å². The number of piperidine rings is 1. The third-order valence-corrected chi connectivity index (χ3v) is 9.77. The summed E-state index contributed by atoms with van der Waals surface area (Å²) in [5.41, 5.74) is 8.93. The van der Waals surface area contributed by atoms with Crippen molar-refractivity contribution in [1.29, 1.82) is 0 Å². The molecule has 0 radical (unpaired) electrons. The zero-order valence-corrected chi connectivity index (χ0v) is 25.6. The number of nitrogens with zero attached hydrogens (tertiary/aromatic N) is 1. The fraction of sp³-hybridized carbons (Fsp3) is 0.355. The van der Waals surface area contributed by atoms with Gasteiger partial charge in [-0.1, -0.05) is 71.7 Å². The Morgan fingerprint density at radius 3 is 2.33 bits per heavy atom. The number of sulfonamides is 1. The molecule has 0 spiro atoms. The van der Waals surface area contributed by atoms with Crippen molar-refractivity contribution < 1.29 is 18.0 Å². The number of hydrogen-bond acceptors (Lipinski definition) is 5. The fourth-order valence-electron chi connectivity index (χ4n) is 6.31. The summed E-state index contributed by atoms with van der Waals surface area (Å²) in [5, 5.41) is 4.18. The molecule has 0 aromatic heterocycles. The Bertz CT molecular complexity index is 1610. The van der Waals surface area contributed by atoms with Crippen LogP contribution in [0.25, 0.3) is 0 Å². The lowest BCUT2D eigenvalue weighted by Gasteiger charge is -2.44. The van der Waals surface area contributed by atoms with Gasteiger partial charge in [0.05, 0.1) is 22.0 Å². The van der Waals surface area contributed by atoms with E-state index in [0.29, 0.717) is 60.2 Å². The van der Waals surface area contributed by atoms with Crippen molar-refractivity contribution in [2.45, 2.75) is 44.2 Å². The first-order valence-corrected chi connectivity index (χ1v) is 16.5. The Hall–Kier alpha value is -3.11. The second-order valence-electron chi connectivity index (χ2n) is 11.2. The van der Waals surface area contributed by atoms with Crippen LogP contribution >= 0.6 is 23.2 Å². The van der Waals surface area contributed by atoms with E-state index in [-0.39, 0.29) is 18.2 Å². The molecule has 11 heteroatoms. The third-order valence-electron chi connectivity index (χ3n) is 8.44. The van der Waals surface area contributed by atoms with Gasteiger partial charge in [-0.15, -0.1) is 0 Å². The highest BCUT2D eigenvalue weighted by molar-refractivity contribution is 7.92. The Balaban J connectivity index is 1.45. The number of likely N-dealkylation sites (tertiary alicyclic amines) is 1. The number of para-hydroxylation sites is 1. The van der Waals surface area contributed by atoms with Gasteiger partial charge < -0.3 is 16.0 Å². The maximum atomic E-state index is 14.6. The van der Waals surface area contributed by atoms with E-state index in [9.17, 15) is 18.0 Å². The molecule has 1 saturated heterocycles. The SMILES string of the molecule is CS(=O)(=O)Nc1ccccc1C1CCN(C(=O)[C@@](Cc2ccc(Cl)c(Cl)c2)(C(N)=O)[C@@H]2Cc3ccccc3CN2)CC1. The molecular formula is C31H34Cl2N4O4S. The van der Waals surface area contributed by atoms with Crippen molar-refractivity contribution in [3.05, 3.63) is 99.0 Å². The van der Waals surface area contributed by atoms with Crippen molar-refractivity contribution in [2.75, 3.05) is 24.1 Å². The van der Waals surface area contributed by atoms with Gasteiger partial charge >= 0.3 is 0 Å². The molecule has 3 aromatic carbocycles. The average molecular weight is 630 g/mol. The smallest absolute Gasteiger partial charge is 0.240 e. The number of carbonyl (C=O) groups is 2. The molecule has 2 aliphatic rings. The largest absolute Gasteiger partial charge is 0.369 e. The highest BCUT2D eigenvalue weighted by Gasteiger charge is 2.53. The van der Waals surface area contributed by atoms with Crippen LogP contribution in [0.4, 0.5) is 5.69 Å². The summed E-state index contributed by atoms with van der Waals surface area (Å²) in [6.07, 6.45) is 2.87. The zero-order chi connectivity index (χ0) is 30.1. The van der Waals surface area contributed by atoms with Crippen molar-refractivity contribution in [3.8, 4) is 0 Å². The molecule has 0 bridgehead atoms. The van der Waals surface area contributed by atoms with Crippen LogP contribution in [0.1, 0.15) is 41.0 Å². The number of nitrogens with one attached hydrogen (secondary N) is 2. The molecule has 0 unspecified atom stereocenters. The minimum absolute atomic E-state index is 0.0391. The molecule has 2 heterocycles. The van der Waals surface area contributed by atoms with Gasteiger partial charge in [-0.2, -0.15) is 0 Å². The Morgan fingerprint density at radius 2 is 1.67 bits per heavy atom. The lowest BCUT2D eigenvalue weighted by atomic mass is 9.69. The van der Waals surface area contributed by atoms with Gasteiger partial charge in [0.25, 0.3) is 0 Å². The van der Waals surface area contributed by atoms with Gasteiger partial charge in [-0.05, 0) is 72.1 Å². The lowest BCUT2D eigenvalue weighted by Crippen LogP contribution is -2.64. The molecule has 0 saturated carbocycles. The van der Waals surface area contributed by atoms with Gasteiger partial charge in [0, 0.05) is 25.7 Å². The Morgan fingerprint density at radius 1 is 1.00 bits per heavy atom. The summed E-state index contributed by atoms with van der Waals surface area (Å²) < 4.78 is 26.5. The zero-order valence-electron chi connectivity index (χ0n) is 23.3. The molecule has 4 N–H and O–H groups in total. The monoisotopic (exact) mass is 628 g/mol. The van der Waals surface area contributed by atoms with E-state index in [2.05, 4.69) is 10.0 Å². The van der Waals surface area contributed by atoms with Gasteiger partial charge in [0.15, 0.2) is 0 Å². The molecule has 2 amide bonds. The summed E-state index contributed by atoms with van der Waals surface area (Å²) in [7, 11) is -3.45. The maximum absolute atomic E-state index is 14.6. The number of carbonyl (C=O) groups excluding carboxylic acids is 2. The van der Waals surface area contributed by atoms with Crippen LogP contribution in [0.2, 0.25) is 10.0 Å². The van der Waals surface area contributed by atoms with E-state index < -0.39 is 27.4 Å². The van der Waals surface area contributed by atoms with Crippen molar-refractivity contribution in [2.24, 2.45) is 11.1 Å². The predicted molar refractivity (Wildman–Crippen MR) is 166 cm³/mol. The van der Waals surface area contributed by atoms with Crippen LogP contribution < -0.4 is 15.8 Å². The number of anilines is 1. The average Bonchev–Trinajstić information content (AvgIpc) is 2.96. The number of rotatable bonds is 8. The number of primary amides is 1. The predicted octanol–water partition coefficient (Wildman–Crippen LogP) is 4.50. The topological polar surface area (TPSA) is 122 Å². The first-order valence-electron chi connectivity index (χ1n) is 13.9. The number of nitrogens with two attached hydrogens (primary N) is 1. The number of hydrogen-bond donors (Lipinski definition) is 3. The van der Waals surface area contributed by atoms with Crippen LogP contribution in [-0.4, -0.2) is 50.5 Å². The van der Waals surface area contributed by atoms with Crippen molar-refractivity contribution in [3.63, 3.8) is 0 Å². The lowest BCUT2D eigenvalue weighted by molar-refractivity contribution is -0.153. The fourth-order valence-corrected chi connectivity index (χ4v) is 7.21. The number of amides is 2. The molecule has 5 rings (SSSR count). The van der Waals surface area contributed by atoms with E-state index in [4.69, 9.17) is 28.9 Å². The number of halogens is 2. The standard InChI is InChI=1S/C31H34Cl2N4O4S/c1-42(40,41)36-27-9-5-4-8-24(27)21-12-14-37(15-13-21)30(39)31(29(34)38,18-20-10-11-25(32)26(33)16-20)28-17-22-6-2-3-7-23(22)19-35-28/h2-11,16,21,28,35-36H,12-15,17-19H2,1H3,(H2,34,38)/t28-,31+/m0/s1. The van der Waals surface area contributed by atoms with Crippen molar-refractivity contribution >= 4 is 50.7 Å². The molecule has 0 aliphatic carbocycles. The Kier molecular flexibility index (Phi) is 8.85. The molecule has 42 heavy (non-hydrogen) atoms. The molecule has 222 valence electrons. The van der Waals surface area contributed by atoms with E-state index in [0.717, 1.165) is 22.9 Å². The minimum Gasteiger partial charge on any atom is -0.369 e. The van der Waals surface area contributed by atoms with Gasteiger partial charge in [-0.3, -0.25) is 14.3 Å². The highest BCUT2D eigenvalue weighted by atomic mass is 35.5. The van der Waals surface area contributed by atoms with Gasteiger partial charge in [0.1, 0.15) is 5.41 Å². The minimum atomic E-state index is -3.45. The Labute approximate surface area is 256 Å². The van der Waals surface area contributed by atoms with Crippen LogP contribution in [0.3, 0.4) is 0 Å². The maximum Gasteiger partial charge on any atom is 0.240 e. The van der Waals surface area contributed by atoms with E-state index >= 15 is 0 Å². The molecule has 3 aromatic rings. The second-order valence-corrected chi connectivity index (χ2v) is 13.8. The molecular weight excluding hydrogens is 595 g/mol. The van der Waals surface area contributed by atoms with Gasteiger partial charge in [0.2, 0.25) is 21.8 Å². The second kappa shape index (κ2) is 12.2. The van der Waals surface area contributed by atoms with Gasteiger partial charge in [-0.25, -0.2) is 8.42 Å². The third kappa shape index (κ3) is 6.29. The van der Waals surface area contributed by atoms with Crippen LogP contribution in [-0.2, 0) is 39.0 Å². The van der Waals surface area contributed by atoms with Crippen LogP contribution in [0.15, 0.2) is 66.7 Å². The first kappa shape index (κ1) is 30.4. The highest BCUT2D eigenvalue weighted by Crippen LogP contribution is 2.39. The first-order chi connectivity index (χ1) is 20.0. The summed E-state index contributed by atoms with van der Waals surface area (Å²) >= 11 is 12.5. The molecule has 1 fully saturated rings. The summed E-state index contributed by atoms with van der Waals surface area (Å²) in [6, 6.07) is 19.9. The number of benzene rings is 3. The quantitative estimate of drug-likeness (QED) is 0.317. The van der Waals surface area contributed by atoms with E-state index in [1.54, 1.807) is 35.2 Å². The van der Waals surface area contributed by atoms with Crippen molar-refractivity contribution in [1.82, 2.24) is 10.2 Å². The summed E-state index contributed by atoms with van der Waals surface area (Å²) in [5.74, 6) is -0.976. The normalized spacial score (nSPS) is 19.0. The van der Waals surface area contributed by atoms with Crippen LogP contribution in [0, 0.1) is 5.41 Å².